The summed E-state index contributed by atoms with van der Waals surface area (Å²) in [4.78, 5) is 23.6. The minimum absolute atomic E-state index is 0.132. The Bertz CT molecular complexity index is 240. The zero-order valence-corrected chi connectivity index (χ0v) is 8.69. The summed E-state index contributed by atoms with van der Waals surface area (Å²) in [5.74, 6) is -0.558. The van der Waals surface area contributed by atoms with Crippen molar-refractivity contribution >= 4 is 11.9 Å². The van der Waals surface area contributed by atoms with Crippen molar-refractivity contribution in [2.45, 2.75) is 39.2 Å². The van der Waals surface area contributed by atoms with Gasteiger partial charge in [0.15, 0.2) is 0 Å². The van der Waals surface area contributed by atoms with Crippen LogP contribution in [0.5, 0.6) is 0 Å². The SMILES string of the molecule is CCC1CCN(C(C)=O)C(C(=O)O)C1. The van der Waals surface area contributed by atoms with E-state index in [1.165, 1.54) is 11.8 Å². The normalized spacial score (nSPS) is 27.4. The molecule has 1 aliphatic rings. The number of hydrogen-bond acceptors (Lipinski definition) is 2. The molecule has 1 aliphatic heterocycles. The third-order valence-electron chi connectivity index (χ3n) is 2.98. The number of rotatable bonds is 2. The van der Waals surface area contributed by atoms with Gasteiger partial charge in [-0.2, -0.15) is 0 Å². The molecule has 1 heterocycles. The minimum Gasteiger partial charge on any atom is -0.480 e. The predicted molar refractivity (Wildman–Crippen MR) is 51.8 cm³/mol. The van der Waals surface area contributed by atoms with Crippen molar-refractivity contribution in [3.8, 4) is 0 Å². The van der Waals surface area contributed by atoms with E-state index in [0.29, 0.717) is 18.9 Å². The summed E-state index contributed by atoms with van der Waals surface area (Å²) in [5.41, 5.74) is 0. The summed E-state index contributed by atoms with van der Waals surface area (Å²) >= 11 is 0. The molecule has 1 saturated heterocycles. The smallest absolute Gasteiger partial charge is 0.326 e. The van der Waals surface area contributed by atoms with Crippen LogP contribution in [-0.2, 0) is 9.59 Å². The van der Waals surface area contributed by atoms with E-state index in [9.17, 15) is 9.59 Å². The van der Waals surface area contributed by atoms with Gasteiger partial charge in [0.05, 0.1) is 0 Å². The molecule has 0 aliphatic carbocycles. The second-order valence-electron chi connectivity index (χ2n) is 3.87. The summed E-state index contributed by atoms with van der Waals surface area (Å²) in [6.07, 6.45) is 2.53. The monoisotopic (exact) mass is 199 g/mol. The van der Waals surface area contributed by atoms with Crippen molar-refractivity contribution in [2.24, 2.45) is 5.92 Å². The van der Waals surface area contributed by atoms with Gasteiger partial charge in [-0.3, -0.25) is 4.79 Å². The number of carboxylic acid groups (broad SMARTS) is 1. The van der Waals surface area contributed by atoms with Crippen molar-refractivity contribution in [2.75, 3.05) is 6.54 Å². The second kappa shape index (κ2) is 4.44. The lowest BCUT2D eigenvalue weighted by Gasteiger charge is -2.36. The number of carboxylic acids is 1. The first-order chi connectivity index (χ1) is 6.56. The highest BCUT2D eigenvalue weighted by Gasteiger charge is 2.33. The minimum atomic E-state index is -0.877. The van der Waals surface area contributed by atoms with Crippen molar-refractivity contribution in [3.63, 3.8) is 0 Å². The molecule has 14 heavy (non-hydrogen) atoms. The first kappa shape index (κ1) is 11.0. The number of aliphatic carboxylic acids is 1. The number of nitrogens with zero attached hydrogens (tertiary/aromatic N) is 1. The van der Waals surface area contributed by atoms with E-state index in [0.717, 1.165) is 12.8 Å². The molecule has 1 N–H and O–H groups in total. The van der Waals surface area contributed by atoms with Gasteiger partial charge in [0.25, 0.3) is 0 Å². The lowest BCUT2D eigenvalue weighted by atomic mass is 9.89. The Morgan fingerprint density at radius 2 is 2.14 bits per heavy atom. The fraction of sp³-hybridized carbons (Fsp3) is 0.800. The summed E-state index contributed by atoms with van der Waals surface area (Å²) in [5, 5.41) is 8.98. The quantitative estimate of drug-likeness (QED) is 0.724. The van der Waals surface area contributed by atoms with Crippen LogP contribution in [0.25, 0.3) is 0 Å². The van der Waals surface area contributed by atoms with Crippen LogP contribution < -0.4 is 0 Å². The number of carbonyl (C=O) groups is 2. The van der Waals surface area contributed by atoms with Gasteiger partial charge in [0.1, 0.15) is 6.04 Å². The maximum atomic E-state index is 11.2. The molecule has 0 aromatic carbocycles. The fourth-order valence-electron chi connectivity index (χ4n) is 2.02. The molecular weight excluding hydrogens is 182 g/mol. The van der Waals surface area contributed by atoms with Crippen LogP contribution in [0.1, 0.15) is 33.1 Å². The standard InChI is InChI=1S/C10H17NO3/c1-3-8-4-5-11(7(2)12)9(6-8)10(13)14/h8-9H,3-6H2,1-2H3,(H,13,14). The van der Waals surface area contributed by atoms with E-state index in [-0.39, 0.29) is 5.91 Å². The molecule has 0 aromatic rings. The van der Waals surface area contributed by atoms with Crippen molar-refractivity contribution in [1.82, 2.24) is 4.90 Å². The molecule has 0 aromatic heterocycles. The van der Waals surface area contributed by atoms with E-state index in [2.05, 4.69) is 6.92 Å². The zero-order valence-electron chi connectivity index (χ0n) is 8.69. The van der Waals surface area contributed by atoms with Gasteiger partial charge in [0, 0.05) is 13.5 Å². The molecule has 0 bridgehead atoms. The third-order valence-corrected chi connectivity index (χ3v) is 2.98. The molecule has 0 saturated carbocycles. The Hall–Kier alpha value is -1.06. The Morgan fingerprint density at radius 3 is 2.57 bits per heavy atom. The van der Waals surface area contributed by atoms with Crippen LogP contribution in [0.3, 0.4) is 0 Å². The number of carbonyl (C=O) groups excluding carboxylic acids is 1. The first-order valence-corrected chi connectivity index (χ1v) is 5.06. The lowest BCUT2D eigenvalue weighted by molar-refractivity contribution is -0.152. The highest BCUT2D eigenvalue weighted by molar-refractivity contribution is 5.82. The number of amides is 1. The van der Waals surface area contributed by atoms with E-state index in [1.54, 1.807) is 0 Å². The molecule has 0 spiro atoms. The van der Waals surface area contributed by atoms with Crippen molar-refractivity contribution in [3.05, 3.63) is 0 Å². The molecule has 2 unspecified atom stereocenters. The average Bonchev–Trinajstić information content (AvgIpc) is 2.16. The summed E-state index contributed by atoms with van der Waals surface area (Å²) < 4.78 is 0. The van der Waals surface area contributed by atoms with Crippen LogP contribution >= 0.6 is 0 Å². The van der Waals surface area contributed by atoms with E-state index >= 15 is 0 Å². The van der Waals surface area contributed by atoms with Crippen LogP contribution in [0.2, 0.25) is 0 Å². The van der Waals surface area contributed by atoms with E-state index < -0.39 is 12.0 Å². The molecule has 2 atom stereocenters. The number of hydrogen-bond donors (Lipinski definition) is 1. The van der Waals surface area contributed by atoms with Gasteiger partial charge >= 0.3 is 5.97 Å². The number of piperidine rings is 1. The molecule has 4 heteroatoms. The molecule has 1 fully saturated rings. The largest absolute Gasteiger partial charge is 0.480 e. The molecular formula is C10H17NO3. The molecule has 80 valence electrons. The van der Waals surface area contributed by atoms with Gasteiger partial charge < -0.3 is 10.0 Å². The molecule has 4 nitrogen and oxygen atoms in total. The van der Waals surface area contributed by atoms with Gasteiger partial charge in [-0.15, -0.1) is 0 Å². The van der Waals surface area contributed by atoms with E-state index in [1.807, 2.05) is 0 Å². The van der Waals surface area contributed by atoms with Gasteiger partial charge in [0.2, 0.25) is 5.91 Å². The molecule has 1 rings (SSSR count). The summed E-state index contributed by atoms with van der Waals surface area (Å²) in [6, 6.07) is -0.605. The summed E-state index contributed by atoms with van der Waals surface area (Å²) in [6.45, 7) is 4.08. The third kappa shape index (κ3) is 2.25. The molecule has 0 radical (unpaired) electrons. The topological polar surface area (TPSA) is 57.6 Å². The maximum Gasteiger partial charge on any atom is 0.326 e. The van der Waals surface area contributed by atoms with Crippen LogP contribution in [0.15, 0.2) is 0 Å². The van der Waals surface area contributed by atoms with E-state index in [4.69, 9.17) is 5.11 Å². The Labute approximate surface area is 83.9 Å². The predicted octanol–water partition coefficient (Wildman–Crippen LogP) is 1.11. The lowest BCUT2D eigenvalue weighted by Crippen LogP contribution is -2.49. The maximum absolute atomic E-state index is 11.2. The molecule has 1 amide bonds. The van der Waals surface area contributed by atoms with Gasteiger partial charge in [-0.05, 0) is 18.8 Å². The zero-order chi connectivity index (χ0) is 10.7. The van der Waals surface area contributed by atoms with Crippen LogP contribution in [-0.4, -0.2) is 34.5 Å². The number of likely N-dealkylation sites (tertiary alicyclic amines) is 1. The fourth-order valence-corrected chi connectivity index (χ4v) is 2.02. The van der Waals surface area contributed by atoms with Gasteiger partial charge in [-0.25, -0.2) is 4.79 Å². The van der Waals surface area contributed by atoms with Crippen LogP contribution in [0.4, 0.5) is 0 Å². The van der Waals surface area contributed by atoms with Crippen LogP contribution in [0, 0.1) is 5.92 Å². The highest BCUT2D eigenvalue weighted by Crippen LogP contribution is 2.25. The Morgan fingerprint density at radius 1 is 1.50 bits per heavy atom. The average molecular weight is 199 g/mol. The summed E-state index contributed by atoms with van der Waals surface area (Å²) in [7, 11) is 0. The first-order valence-electron chi connectivity index (χ1n) is 5.06. The van der Waals surface area contributed by atoms with Crippen molar-refractivity contribution < 1.29 is 14.7 Å². The Kier molecular flexibility index (Phi) is 3.49. The van der Waals surface area contributed by atoms with Gasteiger partial charge in [-0.1, -0.05) is 13.3 Å². The second-order valence-corrected chi connectivity index (χ2v) is 3.87. The van der Waals surface area contributed by atoms with Crippen molar-refractivity contribution in [1.29, 1.82) is 0 Å². The highest BCUT2D eigenvalue weighted by atomic mass is 16.4. The Balaban J connectivity index is 2.70.